The third-order valence-electron chi connectivity index (χ3n) is 4.41. The summed E-state index contributed by atoms with van der Waals surface area (Å²) in [6.07, 6.45) is 7.40. The molecule has 0 radical (unpaired) electrons. The van der Waals surface area contributed by atoms with E-state index in [-0.39, 0.29) is 5.60 Å². The summed E-state index contributed by atoms with van der Waals surface area (Å²) in [4.78, 5) is 0. The number of nitrogens with one attached hydrogen (secondary N) is 1. The van der Waals surface area contributed by atoms with Crippen LogP contribution in [-0.4, -0.2) is 38.0 Å². The molecular weight excluding hydrogens is 250 g/mol. The van der Waals surface area contributed by atoms with Crippen LogP contribution < -0.4 is 5.32 Å². The van der Waals surface area contributed by atoms with Crippen LogP contribution in [0, 0.1) is 5.92 Å². The molecule has 0 saturated heterocycles. The highest BCUT2D eigenvalue weighted by Crippen LogP contribution is 2.36. The van der Waals surface area contributed by atoms with Crippen molar-refractivity contribution in [3.05, 3.63) is 0 Å². The van der Waals surface area contributed by atoms with Crippen LogP contribution in [0.5, 0.6) is 0 Å². The summed E-state index contributed by atoms with van der Waals surface area (Å²) in [6, 6.07) is 0.524. The predicted molar refractivity (Wildman–Crippen MR) is 85.2 cm³/mol. The van der Waals surface area contributed by atoms with Crippen LogP contribution in [-0.2, 0) is 9.47 Å². The van der Waals surface area contributed by atoms with Gasteiger partial charge in [0.1, 0.15) is 0 Å². The van der Waals surface area contributed by atoms with Gasteiger partial charge in [0.2, 0.25) is 0 Å². The highest BCUT2D eigenvalue weighted by molar-refractivity contribution is 4.89. The molecule has 3 heteroatoms. The van der Waals surface area contributed by atoms with Crippen molar-refractivity contribution in [1.82, 2.24) is 5.32 Å². The van der Waals surface area contributed by atoms with Crippen molar-refractivity contribution in [3.8, 4) is 0 Å². The molecule has 1 fully saturated rings. The van der Waals surface area contributed by atoms with E-state index >= 15 is 0 Å². The van der Waals surface area contributed by atoms with E-state index in [1.165, 1.54) is 32.1 Å². The Hall–Kier alpha value is -0.120. The zero-order valence-corrected chi connectivity index (χ0v) is 14.0. The van der Waals surface area contributed by atoms with E-state index in [0.717, 1.165) is 38.7 Å². The molecule has 0 aromatic carbocycles. The maximum Gasteiger partial charge on any atom is 0.0807 e. The van der Waals surface area contributed by atoms with E-state index in [2.05, 4.69) is 33.0 Å². The van der Waals surface area contributed by atoms with Crippen LogP contribution in [0.1, 0.15) is 66.2 Å². The monoisotopic (exact) mass is 285 g/mol. The van der Waals surface area contributed by atoms with E-state index in [4.69, 9.17) is 9.47 Å². The van der Waals surface area contributed by atoms with Gasteiger partial charge in [0.05, 0.1) is 18.8 Å². The Morgan fingerprint density at radius 1 is 1.10 bits per heavy atom. The van der Waals surface area contributed by atoms with E-state index in [0.29, 0.717) is 6.04 Å². The minimum atomic E-state index is 0.0471. The fourth-order valence-electron chi connectivity index (χ4n) is 2.94. The van der Waals surface area contributed by atoms with Gasteiger partial charge in [-0.05, 0) is 38.0 Å². The van der Waals surface area contributed by atoms with Gasteiger partial charge in [0.15, 0.2) is 0 Å². The zero-order valence-electron chi connectivity index (χ0n) is 14.0. The number of ether oxygens (including phenoxy) is 2. The number of hydrogen-bond donors (Lipinski definition) is 1. The summed E-state index contributed by atoms with van der Waals surface area (Å²) >= 11 is 0. The second-order valence-electron chi connectivity index (χ2n) is 6.53. The third-order valence-corrected chi connectivity index (χ3v) is 4.41. The standard InChI is InChI=1S/C17H35NO2/c1-5-11-19-12-13-20-17(14-18-15(3)4)9-7-16(6-2)8-10-17/h15-16,18H,5-14H2,1-4H3. The number of rotatable bonds is 10. The van der Waals surface area contributed by atoms with Gasteiger partial charge in [0.25, 0.3) is 0 Å². The van der Waals surface area contributed by atoms with E-state index in [1.54, 1.807) is 0 Å². The minimum Gasteiger partial charge on any atom is -0.379 e. The Bertz CT molecular complexity index is 235. The first kappa shape index (κ1) is 17.9. The molecule has 1 aliphatic carbocycles. The highest BCUT2D eigenvalue weighted by Gasteiger charge is 2.35. The molecule has 0 heterocycles. The first-order chi connectivity index (χ1) is 9.62. The average molecular weight is 285 g/mol. The lowest BCUT2D eigenvalue weighted by atomic mass is 9.77. The van der Waals surface area contributed by atoms with E-state index in [1.807, 2.05) is 0 Å². The van der Waals surface area contributed by atoms with E-state index < -0.39 is 0 Å². The van der Waals surface area contributed by atoms with Gasteiger partial charge >= 0.3 is 0 Å². The zero-order chi connectivity index (χ0) is 14.8. The molecule has 0 aromatic rings. The Morgan fingerprint density at radius 2 is 1.80 bits per heavy atom. The van der Waals surface area contributed by atoms with Crippen molar-refractivity contribution < 1.29 is 9.47 Å². The van der Waals surface area contributed by atoms with Gasteiger partial charge in [-0.25, -0.2) is 0 Å². The molecule has 0 bridgehead atoms. The third kappa shape index (κ3) is 6.55. The van der Waals surface area contributed by atoms with Crippen LogP contribution in [0.2, 0.25) is 0 Å². The summed E-state index contributed by atoms with van der Waals surface area (Å²) in [6.45, 7) is 12.1. The topological polar surface area (TPSA) is 30.5 Å². The van der Waals surface area contributed by atoms with Crippen molar-refractivity contribution in [2.75, 3.05) is 26.4 Å². The molecule has 1 N–H and O–H groups in total. The molecule has 0 aromatic heterocycles. The van der Waals surface area contributed by atoms with Gasteiger partial charge < -0.3 is 14.8 Å². The van der Waals surface area contributed by atoms with Gasteiger partial charge in [-0.1, -0.05) is 34.1 Å². The molecule has 0 aliphatic heterocycles. The Labute approximate surface area is 125 Å². The van der Waals surface area contributed by atoms with E-state index in [9.17, 15) is 0 Å². The molecule has 0 unspecified atom stereocenters. The van der Waals surface area contributed by atoms with Crippen LogP contribution in [0.15, 0.2) is 0 Å². The lowest BCUT2D eigenvalue weighted by Gasteiger charge is -2.40. The average Bonchev–Trinajstić information content (AvgIpc) is 2.46. The highest BCUT2D eigenvalue weighted by atomic mass is 16.5. The maximum atomic E-state index is 6.27. The molecule has 120 valence electrons. The molecule has 1 rings (SSSR count). The summed E-state index contributed by atoms with van der Waals surface area (Å²) in [5.74, 6) is 0.905. The largest absolute Gasteiger partial charge is 0.379 e. The Kier molecular flexibility index (Phi) is 8.74. The van der Waals surface area contributed by atoms with Crippen molar-refractivity contribution in [1.29, 1.82) is 0 Å². The van der Waals surface area contributed by atoms with Crippen LogP contribution in [0.4, 0.5) is 0 Å². The van der Waals surface area contributed by atoms with Gasteiger partial charge in [0, 0.05) is 19.2 Å². The lowest BCUT2D eigenvalue weighted by molar-refractivity contribution is -0.0934. The van der Waals surface area contributed by atoms with Crippen molar-refractivity contribution in [2.45, 2.75) is 77.9 Å². The van der Waals surface area contributed by atoms with Gasteiger partial charge in [-0.15, -0.1) is 0 Å². The minimum absolute atomic E-state index is 0.0471. The van der Waals surface area contributed by atoms with Crippen molar-refractivity contribution in [2.24, 2.45) is 5.92 Å². The normalized spacial score (nSPS) is 27.1. The molecule has 1 aliphatic rings. The lowest BCUT2D eigenvalue weighted by Crippen LogP contribution is -2.48. The summed E-state index contributed by atoms with van der Waals surface area (Å²) in [5.41, 5.74) is 0.0471. The Balaban J connectivity index is 2.39. The van der Waals surface area contributed by atoms with Crippen molar-refractivity contribution in [3.63, 3.8) is 0 Å². The van der Waals surface area contributed by atoms with Crippen LogP contribution in [0.3, 0.4) is 0 Å². The maximum absolute atomic E-state index is 6.27. The summed E-state index contributed by atoms with van der Waals surface area (Å²) in [5, 5.41) is 3.58. The molecule has 20 heavy (non-hydrogen) atoms. The predicted octanol–water partition coefficient (Wildman–Crippen LogP) is 3.77. The molecule has 0 spiro atoms. The van der Waals surface area contributed by atoms with Crippen LogP contribution >= 0.6 is 0 Å². The SMILES string of the molecule is CCCOCCOC1(CNC(C)C)CCC(CC)CC1. The van der Waals surface area contributed by atoms with Crippen LogP contribution in [0.25, 0.3) is 0 Å². The van der Waals surface area contributed by atoms with Crippen molar-refractivity contribution >= 4 is 0 Å². The Morgan fingerprint density at radius 3 is 2.35 bits per heavy atom. The fourth-order valence-corrected chi connectivity index (χ4v) is 2.94. The second-order valence-corrected chi connectivity index (χ2v) is 6.53. The molecule has 3 nitrogen and oxygen atoms in total. The summed E-state index contributed by atoms with van der Waals surface area (Å²) in [7, 11) is 0. The second kappa shape index (κ2) is 9.75. The van der Waals surface area contributed by atoms with Gasteiger partial charge in [-0.3, -0.25) is 0 Å². The molecule has 1 saturated carbocycles. The fraction of sp³-hybridized carbons (Fsp3) is 1.00. The first-order valence-corrected chi connectivity index (χ1v) is 8.57. The summed E-state index contributed by atoms with van der Waals surface area (Å²) < 4.78 is 11.8. The quantitative estimate of drug-likeness (QED) is 0.620. The molecular formula is C17H35NO2. The first-order valence-electron chi connectivity index (χ1n) is 8.57. The molecule has 0 atom stereocenters. The molecule has 0 amide bonds. The number of hydrogen-bond acceptors (Lipinski definition) is 3. The van der Waals surface area contributed by atoms with Gasteiger partial charge in [-0.2, -0.15) is 0 Å². The smallest absolute Gasteiger partial charge is 0.0807 e.